The molecule has 0 radical (unpaired) electrons. The van der Waals surface area contributed by atoms with E-state index in [-0.39, 0.29) is 27.9 Å². The maximum absolute atomic E-state index is 11.6. The van der Waals surface area contributed by atoms with Crippen LogP contribution in [0.3, 0.4) is 0 Å². The fourth-order valence-corrected chi connectivity index (χ4v) is 2.89. The van der Waals surface area contributed by atoms with E-state index < -0.39 is 5.97 Å². The minimum Gasteiger partial charge on any atom is -0.508 e. The summed E-state index contributed by atoms with van der Waals surface area (Å²) in [4.78, 5) is 11.6. The first-order valence-electron chi connectivity index (χ1n) is 8.27. The van der Waals surface area contributed by atoms with Gasteiger partial charge in [0.05, 0.1) is 5.56 Å². The molecule has 0 amide bonds. The highest BCUT2D eigenvalue weighted by molar-refractivity contribution is 5.96. The number of carbonyl (C=O) groups is 1. The summed E-state index contributed by atoms with van der Waals surface area (Å²) in [5.41, 5.74) is 2.07. The third kappa shape index (κ3) is 3.78. The topological polar surface area (TPSA) is 77.8 Å². The van der Waals surface area contributed by atoms with Crippen molar-refractivity contribution in [2.45, 2.75) is 52.4 Å². The normalized spacial score (nSPS) is 12.2. The van der Waals surface area contributed by atoms with Crippen molar-refractivity contribution in [1.82, 2.24) is 0 Å². The predicted molar refractivity (Wildman–Crippen MR) is 99.6 cm³/mol. The number of rotatable bonds is 2. The molecule has 4 heteroatoms. The Labute approximate surface area is 148 Å². The van der Waals surface area contributed by atoms with Crippen LogP contribution in [0.2, 0.25) is 0 Å². The molecule has 0 aliphatic heterocycles. The molecule has 0 spiro atoms. The van der Waals surface area contributed by atoms with Gasteiger partial charge in [-0.15, -0.1) is 0 Å². The first-order chi connectivity index (χ1) is 11.3. The Morgan fingerprint density at radius 3 is 1.72 bits per heavy atom. The van der Waals surface area contributed by atoms with Gasteiger partial charge in [-0.3, -0.25) is 0 Å². The average molecular weight is 342 g/mol. The van der Waals surface area contributed by atoms with E-state index in [0.717, 1.165) is 11.1 Å². The van der Waals surface area contributed by atoms with Crippen molar-refractivity contribution in [3.05, 3.63) is 47.0 Å². The number of carboxylic acid groups (broad SMARTS) is 1. The van der Waals surface area contributed by atoms with Crippen LogP contribution >= 0.6 is 0 Å². The van der Waals surface area contributed by atoms with Crippen LogP contribution in [0.5, 0.6) is 11.5 Å². The fraction of sp³-hybridized carbons (Fsp3) is 0.381. The molecule has 2 rings (SSSR count). The zero-order valence-corrected chi connectivity index (χ0v) is 15.6. The summed E-state index contributed by atoms with van der Waals surface area (Å²) < 4.78 is 0. The van der Waals surface area contributed by atoms with E-state index >= 15 is 0 Å². The highest BCUT2D eigenvalue weighted by Crippen LogP contribution is 2.42. The van der Waals surface area contributed by atoms with E-state index in [1.54, 1.807) is 0 Å². The zero-order valence-electron chi connectivity index (χ0n) is 15.6. The molecule has 25 heavy (non-hydrogen) atoms. The number of hydrogen-bond donors (Lipinski definition) is 3. The Balaban J connectivity index is 2.89. The van der Waals surface area contributed by atoms with Crippen molar-refractivity contribution in [2.75, 3.05) is 0 Å². The summed E-state index contributed by atoms with van der Waals surface area (Å²) in [7, 11) is 0. The minimum atomic E-state index is -1.06. The molecular weight excluding hydrogens is 316 g/mol. The van der Waals surface area contributed by atoms with Crippen LogP contribution in [0.4, 0.5) is 0 Å². The van der Waals surface area contributed by atoms with Gasteiger partial charge < -0.3 is 15.3 Å². The standard InChI is InChI=1S/C21H26O4/c1-20(2,3)16-9-12(10-17(18(16)23)21(4,5)6)15-11-13(22)7-8-14(15)19(24)25/h7-11,22-23H,1-6H3,(H,24,25). The van der Waals surface area contributed by atoms with Crippen LogP contribution in [0.15, 0.2) is 30.3 Å². The third-order valence-electron chi connectivity index (χ3n) is 4.27. The Hall–Kier alpha value is -2.49. The molecule has 2 aromatic rings. The second kappa shape index (κ2) is 6.10. The van der Waals surface area contributed by atoms with E-state index in [0.29, 0.717) is 11.1 Å². The lowest BCUT2D eigenvalue weighted by atomic mass is 9.77. The molecule has 134 valence electrons. The average Bonchev–Trinajstić information content (AvgIpc) is 2.44. The Morgan fingerprint density at radius 2 is 1.32 bits per heavy atom. The van der Waals surface area contributed by atoms with Crippen molar-refractivity contribution in [3.63, 3.8) is 0 Å². The van der Waals surface area contributed by atoms with Crippen molar-refractivity contribution < 1.29 is 20.1 Å². The van der Waals surface area contributed by atoms with Gasteiger partial charge >= 0.3 is 5.97 Å². The number of benzene rings is 2. The summed E-state index contributed by atoms with van der Waals surface area (Å²) in [6.07, 6.45) is 0. The van der Waals surface area contributed by atoms with Crippen LogP contribution in [0, 0.1) is 0 Å². The monoisotopic (exact) mass is 342 g/mol. The second-order valence-electron chi connectivity index (χ2n) is 8.46. The van der Waals surface area contributed by atoms with Crippen molar-refractivity contribution in [1.29, 1.82) is 0 Å². The lowest BCUT2D eigenvalue weighted by molar-refractivity contribution is 0.0697. The Bertz CT molecular complexity index is 786. The Morgan fingerprint density at radius 1 is 0.840 bits per heavy atom. The number of phenols is 2. The molecular formula is C21H26O4. The maximum Gasteiger partial charge on any atom is 0.336 e. The fourth-order valence-electron chi connectivity index (χ4n) is 2.89. The van der Waals surface area contributed by atoms with Gasteiger partial charge in [-0.1, -0.05) is 41.5 Å². The van der Waals surface area contributed by atoms with E-state index in [1.165, 1.54) is 18.2 Å². The van der Waals surface area contributed by atoms with Gasteiger partial charge in [-0.25, -0.2) is 4.79 Å². The van der Waals surface area contributed by atoms with Gasteiger partial charge in [0.25, 0.3) is 0 Å². The van der Waals surface area contributed by atoms with Crippen LogP contribution < -0.4 is 0 Å². The largest absolute Gasteiger partial charge is 0.508 e. The number of aromatic carboxylic acids is 1. The lowest BCUT2D eigenvalue weighted by Crippen LogP contribution is -2.17. The summed E-state index contributed by atoms with van der Waals surface area (Å²) in [6, 6.07) is 7.84. The molecule has 3 N–H and O–H groups in total. The molecule has 0 saturated carbocycles. The second-order valence-corrected chi connectivity index (χ2v) is 8.46. The number of hydrogen-bond acceptors (Lipinski definition) is 3. The highest BCUT2D eigenvalue weighted by Gasteiger charge is 2.27. The molecule has 0 aromatic heterocycles. The number of aromatic hydroxyl groups is 2. The zero-order chi connectivity index (χ0) is 19.2. The van der Waals surface area contributed by atoms with E-state index in [1.807, 2.05) is 53.7 Å². The minimum absolute atomic E-state index is 0.00249. The molecule has 0 atom stereocenters. The molecule has 0 bridgehead atoms. The van der Waals surface area contributed by atoms with Crippen LogP contribution in [0.1, 0.15) is 63.0 Å². The quantitative estimate of drug-likeness (QED) is 0.713. The van der Waals surface area contributed by atoms with Crippen molar-refractivity contribution >= 4 is 5.97 Å². The van der Waals surface area contributed by atoms with Gasteiger partial charge in [0.2, 0.25) is 0 Å². The summed E-state index contributed by atoms with van der Waals surface area (Å²) in [5.74, 6) is -0.818. The molecule has 0 unspecified atom stereocenters. The van der Waals surface area contributed by atoms with Gasteiger partial charge in [0.1, 0.15) is 11.5 Å². The highest BCUT2D eigenvalue weighted by atomic mass is 16.4. The molecule has 4 nitrogen and oxygen atoms in total. The number of carboxylic acids is 1. The van der Waals surface area contributed by atoms with Gasteiger partial charge in [0.15, 0.2) is 0 Å². The number of phenolic OH excluding ortho intramolecular Hbond substituents is 2. The van der Waals surface area contributed by atoms with Gasteiger partial charge in [-0.2, -0.15) is 0 Å². The van der Waals surface area contributed by atoms with Crippen LogP contribution in [0.25, 0.3) is 11.1 Å². The summed E-state index contributed by atoms with van der Waals surface area (Å²) in [6.45, 7) is 12.0. The first kappa shape index (κ1) is 18.8. The van der Waals surface area contributed by atoms with Gasteiger partial charge in [-0.05, 0) is 52.3 Å². The molecule has 2 aromatic carbocycles. The molecule has 0 fully saturated rings. The van der Waals surface area contributed by atoms with Crippen LogP contribution in [-0.4, -0.2) is 21.3 Å². The first-order valence-corrected chi connectivity index (χ1v) is 8.27. The van der Waals surface area contributed by atoms with Gasteiger partial charge in [0, 0.05) is 11.1 Å². The molecule has 0 aliphatic carbocycles. The SMILES string of the molecule is CC(C)(C)c1cc(-c2cc(O)ccc2C(=O)O)cc(C(C)(C)C)c1O. The summed E-state index contributed by atoms with van der Waals surface area (Å²) >= 11 is 0. The predicted octanol–water partition coefficient (Wildman–Crippen LogP) is 5.06. The lowest BCUT2D eigenvalue weighted by Gasteiger charge is -2.28. The molecule has 0 heterocycles. The summed E-state index contributed by atoms with van der Waals surface area (Å²) in [5, 5.41) is 30.1. The van der Waals surface area contributed by atoms with Crippen LogP contribution in [-0.2, 0) is 10.8 Å². The van der Waals surface area contributed by atoms with E-state index in [2.05, 4.69) is 0 Å². The van der Waals surface area contributed by atoms with E-state index in [9.17, 15) is 20.1 Å². The Kier molecular flexibility index (Phi) is 4.60. The van der Waals surface area contributed by atoms with E-state index in [4.69, 9.17) is 0 Å². The third-order valence-corrected chi connectivity index (χ3v) is 4.27. The smallest absolute Gasteiger partial charge is 0.336 e. The van der Waals surface area contributed by atoms with Crippen molar-refractivity contribution in [3.8, 4) is 22.6 Å². The van der Waals surface area contributed by atoms with Crippen molar-refractivity contribution in [2.24, 2.45) is 0 Å². The molecule has 0 saturated heterocycles. The maximum atomic E-state index is 11.6. The molecule has 0 aliphatic rings.